The molecule has 0 heterocycles. The summed E-state index contributed by atoms with van der Waals surface area (Å²) < 4.78 is 12.8. The van der Waals surface area contributed by atoms with Crippen molar-refractivity contribution in [2.45, 2.75) is 26.3 Å². The average Bonchev–Trinajstić information content (AvgIpc) is 2.64. The van der Waals surface area contributed by atoms with E-state index in [1.807, 2.05) is 6.07 Å². The lowest BCUT2D eigenvalue weighted by atomic mass is 10.2. The predicted molar refractivity (Wildman–Crippen MR) is 101 cm³/mol. The lowest BCUT2D eigenvalue weighted by Gasteiger charge is -2.08. The number of carbonyl (C=O) groups is 3. The fourth-order valence-electron chi connectivity index (χ4n) is 2.41. The fraction of sp³-hybridized carbons (Fsp3) is 0.250. The van der Waals surface area contributed by atoms with E-state index in [4.69, 9.17) is 0 Å². The zero-order valence-corrected chi connectivity index (χ0v) is 15.0. The van der Waals surface area contributed by atoms with E-state index in [9.17, 15) is 18.8 Å². The van der Waals surface area contributed by atoms with Gasteiger partial charge in [0.25, 0.3) is 5.91 Å². The molecule has 6 nitrogen and oxygen atoms in total. The van der Waals surface area contributed by atoms with E-state index in [0.29, 0.717) is 30.8 Å². The molecule has 0 radical (unpaired) electrons. The highest BCUT2D eigenvalue weighted by molar-refractivity contribution is 5.94. The summed E-state index contributed by atoms with van der Waals surface area (Å²) in [6, 6.07) is 12.5. The van der Waals surface area contributed by atoms with Gasteiger partial charge in [-0.05, 0) is 48.4 Å². The summed E-state index contributed by atoms with van der Waals surface area (Å²) in [6.07, 6.45) is 0.764. The Morgan fingerprint density at radius 3 is 2.44 bits per heavy atom. The Labute approximate surface area is 157 Å². The van der Waals surface area contributed by atoms with Gasteiger partial charge in [0.2, 0.25) is 11.8 Å². The van der Waals surface area contributed by atoms with Crippen LogP contribution in [-0.2, 0) is 16.1 Å². The average molecular weight is 371 g/mol. The number of hydrogen-bond donors (Lipinski definition) is 3. The van der Waals surface area contributed by atoms with Gasteiger partial charge in [-0.25, -0.2) is 4.39 Å². The first-order valence-corrected chi connectivity index (χ1v) is 8.61. The lowest BCUT2D eigenvalue weighted by Crippen LogP contribution is -2.27. The molecule has 0 atom stereocenters. The SMILES string of the molecule is CC(=O)Nc1cccc(CNC(=O)CCCNC(=O)c2ccc(F)cc2)c1. The van der Waals surface area contributed by atoms with Crippen molar-refractivity contribution in [3.8, 4) is 0 Å². The van der Waals surface area contributed by atoms with E-state index >= 15 is 0 Å². The first kappa shape index (κ1) is 20.1. The maximum Gasteiger partial charge on any atom is 0.251 e. The normalized spacial score (nSPS) is 10.1. The van der Waals surface area contributed by atoms with E-state index in [-0.39, 0.29) is 24.1 Å². The van der Waals surface area contributed by atoms with Gasteiger partial charge in [-0.1, -0.05) is 12.1 Å². The Hall–Kier alpha value is -3.22. The van der Waals surface area contributed by atoms with Crippen LogP contribution in [0.1, 0.15) is 35.7 Å². The number of amides is 3. The van der Waals surface area contributed by atoms with Gasteiger partial charge < -0.3 is 16.0 Å². The third kappa shape index (κ3) is 7.27. The van der Waals surface area contributed by atoms with Crippen LogP contribution in [0.25, 0.3) is 0 Å². The van der Waals surface area contributed by atoms with Crippen LogP contribution in [0.5, 0.6) is 0 Å². The number of nitrogens with one attached hydrogen (secondary N) is 3. The van der Waals surface area contributed by atoms with Gasteiger partial charge in [-0.15, -0.1) is 0 Å². The predicted octanol–water partition coefficient (Wildman–Crippen LogP) is 2.61. The number of carbonyl (C=O) groups excluding carboxylic acids is 3. The molecule has 0 fully saturated rings. The molecule has 0 aliphatic rings. The molecule has 142 valence electrons. The number of rotatable bonds is 8. The molecule has 27 heavy (non-hydrogen) atoms. The molecule has 0 aliphatic heterocycles. The number of halogens is 1. The molecular weight excluding hydrogens is 349 g/mol. The molecule has 0 saturated heterocycles. The maximum absolute atomic E-state index is 12.8. The molecule has 2 aromatic rings. The second-order valence-corrected chi connectivity index (χ2v) is 6.02. The van der Waals surface area contributed by atoms with Gasteiger partial charge >= 0.3 is 0 Å². The summed E-state index contributed by atoms with van der Waals surface area (Å²) in [6.45, 7) is 2.14. The Bertz CT molecular complexity index is 806. The van der Waals surface area contributed by atoms with Crippen LogP contribution in [0.2, 0.25) is 0 Å². The molecule has 0 unspecified atom stereocenters. The minimum Gasteiger partial charge on any atom is -0.352 e. The summed E-state index contributed by atoms with van der Waals surface area (Å²) in [4.78, 5) is 34.8. The summed E-state index contributed by atoms with van der Waals surface area (Å²) >= 11 is 0. The molecule has 0 aromatic heterocycles. The van der Waals surface area contributed by atoms with Gasteiger partial charge in [0.05, 0.1) is 0 Å². The van der Waals surface area contributed by atoms with Gasteiger partial charge in [-0.2, -0.15) is 0 Å². The summed E-state index contributed by atoms with van der Waals surface area (Å²) in [5.41, 5.74) is 1.93. The Morgan fingerprint density at radius 2 is 1.74 bits per heavy atom. The third-order valence-corrected chi connectivity index (χ3v) is 3.71. The molecule has 2 rings (SSSR count). The Morgan fingerprint density at radius 1 is 1.00 bits per heavy atom. The van der Waals surface area contributed by atoms with Crippen molar-refractivity contribution in [1.82, 2.24) is 10.6 Å². The summed E-state index contributed by atoms with van der Waals surface area (Å²) in [5.74, 6) is -0.981. The van der Waals surface area contributed by atoms with Crippen LogP contribution < -0.4 is 16.0 Å². The summed E-state index contributed by atoms with van der Waals surface area (Å²) in [5, 5.41) is 8.18. The standard InChI is InChI=1S/C20H22FN3O3/c1-14(25)24-18-5-2-4-15(12-18)13-23-19(26)6-3-11-22-20(27)16-7-9-17(21)10-8-16/h2,4-5,7-10,12H,3,6,11,13H2,1H3,(H,22,27)(H,23,26)(H,24,25). The first-order chi connectivity index (χ1) is 12.9. The van der Waals surface area contributed by atoms with Crippen LogP contribution in [-0.4, -0.2) is 24.3 Å². The van der Waals surface area contributed by atoms with Crippen molar-refractivity contribution in [2.24, 2.45) is 0 Å². The van der Waals surface area contributed by atoms with Crippen LogP contribution in [0.4, 0.5) is 10.1 Å². The lowest BCUT2D eigenvalue weighted by molar-refractivity contribution is -0.121. The van der Waals surface area contributed by atoms with Crippen LogP contribution >= 0.6 is 0 Å². The van der Waals surface area contributed by atoms with Gasteiger partial charge in [0.15, 0.2) is 0 Å². The first-order valence-electron chi connectivity index (χ1n) is 8.61. The van der Waals surface area contributed by atoms with E-state index < -0.39 is 5.82 Å². The second kappa shape index (κ2) is 10.1. The van der Waals surface area contributed by atoms with Crippen LogP contribution in [0.15, 0.2) is 48.5 Å². The van der Waals surface area contributed by atoms with Crippen molar-refractivity contribution in [2.75, 3.05) is 11.9 Å². The largest absolute Gasteiger partial charge is 0.352 e. The van der Waals surface area contributed by atoms with Gasteiger partial charge in [-0.3, -0.25) is 14.4 Å². The molecule has 3 amide bonds. The third-order valence-electron chi connectivity index (χ3n) is 3.71. The van der Waals surface area contributed by atoms with Crippen molar-refractivity contribution in [3.05, 3.63) is 65.5 Å². The van der Waals surface area contributed by atoms with Crippen LogP contribution in [0, 0.1) is 5.82 Å². The molecular formula is C20H22FN3O3. The highest BCUT2D eigenvalue weighted by Crippen LogP contribution is 2.10. The minimum absolute atomic E-state index is 0.129. The minimum atomic E-state index is -0.397. The molecule has 0 saturated carbocycles. The molecule has 3 N–H and O–H groups in total. The fourth-order valence-corrected chi connectivity index (χ4v) is 2.41. The molecule has 2 aromatic carbocycles. The quantitative estimate of drug-likeness (QED) is 0.624. The molecule has 0 aliphatic carbocycles. The monoisotopic (exact) mass is 371 g/mol. The van der Waals surface area contributed by atoms with Crippen molar-refractivity contribution in [3.63, 3.8) is 0 Å². The summed E-state index contributed by atoms with van der Waals surface area (Å²) in [7, 11) is 0. The zero-order valence-electron chi connectivity index (χ0n) is 15.0. The molecule has 0 spiro atoms. The van der Waals surface area contributed by atoms with Crippen molar-refractivity contribution < 1.29 is 18.8 Å². The number of anilines is 1. The maximum atomic E-state index is 12.8. The van der Waals surface area contributed by atoms with E-state index in [0.717, 1.165) is 5.56 Å². The smallest absolute Gasteiger partial charge is 0.251 e. The van der Waals surface area contributed by atoms with E-state index in [1.165, 1.54) is 31.2 Å². The van der Waals surface area contributed by atoms with Gasteiger partial charge in [0.1, 0.15) is 5.82 Å². The highest BCUT2D eigenvalue weighted by atomic mass is 19.1. The Kier molecular flexibility index (Phi) is 7.49. The van der Waals surface area contributed by atoms with E-state index in [1.54, 1.807) is 18.2 Å². The molecule has 7 heteroatoms. The van der Waals surface area contributed by atoms with Crippen molar-refractivity contribution in [1.29, 1.82) is 0 Å². The zero-order chi connectivity index (χ0) is 19.6. The number of hydrogen-bond acceptors (Lipinski definition) is 3. The van der Waals surface area contributed by atoms with Gasteiger partial charge in [0, 0.05) is 37.7 Å². The highest BCUT2D eigenvalue weighted by Gasteiger charge is 2.06. The van der Waals surface area contributed by atoms with Crippen molar-refractivity contribution >= 4 is 23.4 Å². The number of benzene rings is 2. The molecule has 0 bridgehead atoms. The topological polar surface area (TPSA) is 87.3 Å². The van der Waals surface area contributed by atoms with E-state index in [2.05, 4.69) is 16.0 Å². The van der Waals surface area contributed by atoms with Crippen LogP contribution in [0.3, 0.4) is 0 Å². The second-order valence-electron chi connectivity index (χ2n) is 6.02. The Balaban J connectivity index is 1.67.